The number of carbonyl (C=O) groups is 1. The molecular weight excluding hydrogens is 343 g/mol. The van der Waals surface area contributed by atoms with Gasteiger partial charge in [0.15, 0.2) is 0 Å². The minimum absolute atomic E-state index is 0.0658. The summed E-state index contributed by atoms with van der Waals surface area (Å²) in [5.74, 6) is 0.0383. The summed E-state index contributed by atoms with van der Waals surface area (Å²) >= 11 is 0. The van der Waals surface area contributed by atoms with Crippen molar-refractivity contribution in [2.45, 2.75) is 51.9 Å². The maximum atomic E-state index is 13.7. The molecule has 5 heteroatoms. The van der Waals surface area contributed by atoms with Gasteiger partial charge in [-0.1, -0.05) is 13.3 Å². The summed E-state index contributed by atoms with van der Waals surface area (Å²) in [6.07, 6.45) is 7.52. The topological polar surface area (TPSA) is 63.0 Å². The molecule has 1 saturated carbocycles. The highest BCUT2D eigenvalue weighted by atomic mass is 19.1. The molecule has 1 fully saturated rings. The van der Waals surface area contributed by atoms with Crippen molar-refractivity contribution in [2.75, 3.05) is 0 Å². The number of halogens is 1. The van der Waals surface area contributed by atoms with Crippen molar-refractivity contribution in [2.24, 2.45) is 5.92 Å². The maximum absolute atomic E-state index is 13.7. The third-order valence-corrected chi connectivity index (χ3v) is 5.44. The van der Waals surface area contributed by atoms with Crippen LogP contribution in [0.3, 0.4) is 0 Å². The molecule has 4 nitrogen and oxygen atoms in total. The van der Waals surface area contributed by atoms with Crippen LogP contribution in [-0.2, 0) is 0 Å². The first kappa shape index (κ1) is 19.0. The molecule has 0 amide bonds. The van der Waals surface area contributed by atoms with Crippen LogP contribution in [0.1, 0.15) is 72.1 Å². The van der Waals surface area contributed by atoms with Crippen molar-refractivity contribution >= 4 is 5.97 Å². The third-order valence-electron chi connectivity index (χ3n) is 5.44. The Morgan fingerprint density at radius 1 is 1.30 bits per heavy atom. The van der Waals surface area contributed by atoms with Crippen molar-refractivity contribution in [3.8, 4) is 11.8 Å². The molecule has 1 heterocycles. The zero-order valence-corrected chi connectivity index (χ0v) is 15.7. The molecular formula is C22H23FN2O2. The number of ether oxygens (including phenoxy) is 1. The quantitative estimate of drug-likeness (QED) is 0.544. The highest BCUT2D eigenvalue weighted by Gasteiger charge is 2.24. The van der Waals surface area contributed by atoms with Crippen LogP contribution in [0.2, 0.25) is 0 Å². The van der Waals surface area contributed by atoms with Crippen LogP contribution in [-0.4, -0.2) is 11.0 Å². The van der Waals surface area contributed by atoms with E-state index in [4.69, 9.17) is 10.00 Å². The average molecular weight is 366 g/mol. The fourth-order valence-electron chi connectivity index (χ4n) is 3.78. The molecule has 0 spiro atoms. The lowest BCUT2D eigenvalue weighted by Crippen LogP contribution is -2.16. The highest BCUT2D eigenvalue weighted by molar-refractivity contribution is 5.91. The Bertz CT molecular complexity index is 880. The van der Waals surface area contributed by atoms with E-state index in [1.165, 1.54) is 37.6 Å². The van der Waals surface area contributed by atoms with Crippen LogP contribution >= 0.6 is 0 Å². The van der Waals surface area contributed by atoms with Crippen LogP contribution in [0.4, 0.5) is 4.39 Å². The summed E-state index contributed by atoms with van der Waals surface area (Å²) in [5.41, 5.74) is 2.29. The number of nitrogens with zero attached hydrogens (tertiary/aromatic N) is 2. The lowest BCUT2D eigenvalue weighted by molar-refractivity contribution is 0.0733. The summed E-state index contributed by atoms with van der Waals surface area (Å²) in [6, 6.07) is 7.25. The monoisotopic (exact) mass is 366 g/mol. The minimum atomic E-state index is -0.713. The first-order chi connectivity index (χ1) is 13.0. The third kappa shape index (κ3) is 4.33. The highest BCUT2D eigenvalue weighted by Crippen LogP contribution is 2.37. The standard InChI is InChI=1S/C22H23FN2O2/c1-3-15-4-6-16(7-5-15)21-14(2)10-18(13-25-21)22(26)27-19-9-8-17(12-24)20(23)11-19/h8-11,13,15-16H,3-7H2,1-2H3/t15-,16-. The normalized spacial score (nSPS) is 19.3. The fourth-order valence-corrected chi connectivity index (χ4v) is 3.78. The molecule has 140 valence electrons. The van der Waals surface area contributed by atoms with Gasteiger partial charge in [0.05, 0.1) is 11.1 Å². The first-order valence-electron chi connectivity index (χ1n) is 9.40. The van der Waals surface area contributed by atoms with E-state index < -0.39 is 11.8 Å². The lowest BCUT2D eigenvalue weighted by atomic mass is 9.78. The van der Waals surface area contributed by atoms with Crippen LogP contribution in [0, 0.1) is 30.0 Å². The molecule has 1 aliphatic rings. The number of pyridine rings is 1. The molecule has 27 heavy (non-hydrogen) atoms. The molecule has 0 radical (unpaired) electrons. The van der Waals surface area contributed by atoms with E-state index in [1.54, 1.807) is 12.1 Å². The zero-order chi connectivity index (χ0) is 19.4. The summed E-state index contributed by atoms with van der Waals surface area (Å²) in [6.45, 7) is 4.21. The molecule has 1 aliphatic carbocycles. The number of benzene rings is 1. The molecule has 0 unspecified atom stereocenters. The Labute approximate surface area is 159 Å². The molecule has 1 aromatic carbocycles. The predicted octanol–water partition coefficient (Wildman–Crippen LogP) is 5.30. The summed E-state index contributed by atoms with van der Waals surface area (Å²) in [4.78, 5) is 16.9. The van der Waals surface area contributed by atoms with Crippen molar-refractivity contribution in [3.05, 3.63) is 58.7 Å². The van der Waals surface area contributed by atoms with Crippen LogP contribution in [0.15, 0.2) is 30.5 Å². The van der Waals surface area contributed by atoms with E-state index in [0.717, 1.165) is 36.1 Å². The Hall–Kier alpha value is -2.74. The summed E-state index contributed by atoms with van der Waals surface area (Å²) < 4.78 is 18.9. The van der Waals surface area contributed by atoms with Crippen molar-refractivity contribution in [1.82, 2.24) is 4.98 Å². The van der Waals surface area contributed by atoms with Gasteiger partial charge in [-0.2, -0.15) is 5.26 Å². The number of hydrogen-bond acceptors (Lipinski definition) is 4. The number of esters is 1. The molecule has 0 aliphatic heterocycles. The number of rotatable bonds is 4. The van der Waals surface area contributed by atoms with Gasteiger partial charge in [0.1, 0.15) is 17.6 Å². The maximum Gasteiger partial charge on any atom is 0.345 e. The summed E-state index contributed by atoms with van der Waals surface area (Å²) in [5, 5.41) is 8.76. The molecule has 2 aromatic rings. The molecule has 0 bridgehead atoms. The Balaban J connectivity index is 1.70. The Morgan fingerprint density at radius 2 is 2.04 bits per heavy atom. The van der Waals surface area contributed by atoms with E-state index in [1.807, 2.05) is 6.92 Å². The van der Waals surface area contributed by atoms with Gasteiger partial charge in [0.2, 0.25) is 0 Å². The van der Waals surface area contributed by atoms with Gasteiger partial charge in [0, 0.05) is 23.9 Å². The van der Waals surface area contributed by atoms with Crippen LogP contribution in [0.25, 0.3) is 0 Å². The van der Waals surface area contributed by atoms with E-state index in [9.17, 15) is 9.18 Å². The zero-order valence-electron chi connectivity index (χ0n) is 15.7. The van der Waals surface area contributed by atoms with E-state index in [0.29, 0.717) is 11.5 Å². The van der Waals surface area contributed by atoms with Gasteiger partial charge in [-0.05, 0) is 62.3 Å². The van der Waals surface area contributed by atoms with Gasteiger partial charge >= 0.3 is 5.97 Å². The lowest BCUT2D eigenvalue weighted by Gasteiger charge is -2.28. The van der Waals surface area contributed by atoms with Crippen molar-refractivity contribution in [1.29, 1.82) is 5.26 Å². The second kappa shape index (κ2) is 8.30. The van der Waals surface area contributed by atoms with E-state index in [2.05, 4.69) is 11.9 Å². The number of hydrogen-bond donors (Lipinski definition) is 0. The second-order valence-electron chi connectivity index (χ2n) is 7.20. The van der Waals surface area contributed by atoms with Gasteiger partial charge < -0.3 is 4.74 Å². The van der Waals surface area contributed by atoms with Crippen molar-refractivity contribution in [3.63, 3.8) is 0 Å². The smallest absolute Gasteiger partial charge is 0.345 e. The SMILES string of the molecule is CC[C@H]1CC[C@H](c2ncc(C(=O)Oc3ccc(C#N)c(F)c3)cc2C)CC1. The van der Waals surface area contributed by atoms with Gasteiger partial charge in [-0.15, -0.1) is 0 Å². The fraction of sp³-hybridized carbons (Fsp3) is 0.409. The van der Waals surface area contributed by atoms with Gasteiger partial charge in [-0.25, -0.2) is 9.18 Å². The Kier molecular flexibility index (Phi) is 5.85. The number of aromatic nitrogens is 1. The van der Waals surface area contributed by atoms with Crippen LogP contribution in [0.5, 0.6) is 5.75 Å². The first-order valence-corrected chi connectivity index (χ1v) is 9.40. The second-order valence-corrected chi connectivity index (χ2v) is 7.20. The predicted molar refractivity (Wildman–Crippen MR) is 100 cm³/mol. The number of nitriles is 1. The molecule has 0 atom stereocenters. The minimum Gasteiger partial charge on any atom is -0.423 e. The molecule has 1 aromatic heterocycles. The Morgan fingerprint density at radius 3 is 2.63 bits per heavy atom. The molecule has 0 N–H and O–H groups in total. The average Bonchev–Trinajstić information content (AvgIpc) is 2.68. The van der Waals surface area contributed by atoms with E-state index in [-0.39, 0.29) is 11.3 Å². The van der Waals surface area contributed by atoms with Crippen LogP contribution < -0.4 is 4.74 Å². The van der Waals surface area contributed by atoms with Gasteiger partial charge in [-0.3, -0.25) is 4.98 Å². The van der Waals surface area contributed by atoms with Crippen molar-refractivity contribution < 1.29 is 13.9 Å². The largest absolute Gasteiger partial charge is 0.423 e. The van der Waals surface area contributed by atoms with E-state index >= 15 is 0 Å². The molecule has 3 rings (SSSR count). The number of carbonyl (C=O) groups excluding carboxylic acids is 1. The number of aryl methyl sites for hydroxylation is 1. The van der Waals surface area contributed by atoms with Gasteiger partial charge in [0.25, 0.3) is 0 Å². The summed E-state index contributed by atoms with van der Waals surface area (Å²) in [7, 11) is 0. The molecule has 0 saturated heterocycles.